The first kappa shape index (κ1) is 32.3. The quantitative estimate of drug-likeness (QED) is 0.124. The Morgan fingerprint density at radius 3 is 2.57 bits per heavy atom. The number of aromatic nitrogens is 2. The van der Waals surface area contributed by atoms with Crippen molar-refractivity contribution >= 4 is 35.1 Å². The van der Waals surface area contributed by atoms with E-state index < -0.39 is 41.7 Å². The van der Waals surface area contributed by atoms with E-state index in [4.69, 9.17) is 21.6 Å². The number of carboxylic acids is 1. The van der Waals surface area contributed by atoms with E-state index in [1.165, 1.54) is 18.2 Å². The predicted octanol–water partition coefficient (Wildman–Crippen LogP) is 3.74. The van der Waals surface area contributed by atoms with Crippen molar-refractivity contribution in [2.24, 2.45) is 10.5 Å². The lowest BCUT2D eigenvalue weighted by Crippen LogP contribution is -2.41. The second-order valence-corrected chi connectivity index (χ2v) is 10.9. The first-order valence-corrected chi connectivity index (χ1v) is 13.9. The molecule has 2 fully saturated rings. The maximum Gasteiger partial charge on any atom is 0.429 e. The van der Waals surface area contributed by atoms with Crippen molar-refractivity contribution in [2.45, 2.75) is 58.4 Å². The van der Waals surface area contributed by atoms with Crippen molar-refractivity contribution < 1.29 is 37.3 Å². The molecule has 4 N–H and O–H groups in total. The molecule has 3 heterocycles. The van der Waals surface area contributed by atoms with E-state index in [0.29, 0.717) is 44.6 Å². The summed E-state index contributed by atoms with van der Waals surface area (Å²) >= 11 is 0. The Kier molecular flexibility index (Phi) is 9.53. The topological polar surface area (TPSA) is 156 Å². The highest BCUT2D eigenvalue weighted by Crippen LogP contribution is 2.43. The fourth-order valence-corrected chi connectivity index (χ4v) is 5.41. The maximum absolute atomic E-state index is 14.7. The van der Waals surface area contributed by atoms with Crippen molar-refractivity contribution in [1.82, 2.24) is 15.3 Å². The van der Waals surface area contributed by atoms with Crippen LogP contribution in [0.2, 0.25) is 0 Å². The lowest BCUT2D eigenvalue weighted by atomic mass is 9.76. The van der Waals surface area contributed by atoms with E-state index in [-0.39, 0.29) is 35.0 Å². The fourth-order valence-electron chi connectivity index (χ4n) is 5.41. The third-order valence-corrected chi connectivity index (χ3v) is 7.52. The van der Waals surface area contributed by atoms with Crippen LogP contribution >= 0.6 is 0 Å². The van der Waals surface area contributed by atoms with Gasteiger partial charge in [-0.2, -0.15) is 33.2 Å². The van der Waals surface area contributed by atoms with Gasteiger partial charge in [0.25, 0.3) is 0 Å². The van der Waals surface area contributed by atoms with Gasteiger partial charge in [0, 0.05) is 43.0 Å². The summed E-state index contributed by atoms with van der Waals surface area (Å²) in [5.74, 6) is -2.21. The first-order chi connectivity index (χ1) is 20.7. The Balaban J connectivity index is 1.67. The number of rotatable bonds is 9. The van der Waals surface area contributed by atoms with Crippen LogP contribution in [-0.2, 0) is 9.53 Å². The molecule has 1 aromatic heterocycles. The molecule has 2 aliphatic heterocycles. The Bertz CT molecular complexity index is 1460. The summed E-state index contributed by atoms with van der Waals surface area (Å²) < 4.78 is 54.6. The summed E-state index contributed by atoms with van der Waals surface area (Å²) in [6.45, 7) is 6.35. The maximum atomic E-state index is 14.7. The van der Waals surface area contributed by atoms with E-state index in [0.717, 1.165) is 11.1 Å². The lowest BCUT2D eigenvalue weighted by molar-refractivity contribution is -0.198. The minimum atomic E-state index is -5.00. The lowest BCUT2D eigenvalue weighted by Gasteiger charge is -2.39. The number of aliphatic carboxylic acids is 1. The average molecular weight is 618 g/mol. The Hall–Kier alpha value is -4.58. The fraction of sp³-hybridized carbons (Fsp3) is 0.483. The highest BCUT2D eigenvalue weighted by molar-refractivity contribution is 5.90. The first-order valence-electron chi connectivity index (χ1n) is 13.9. The molecule has 2 aromatic rings. The summed E-state index contributed by atoms with van der Waals surface area (Å²) in [4.78, 5) is 33.8. The highest BCUT2D eigenvalue weighted by atomic mass is 19.4. The molecule has 2 saturated heterocycles. The molecule has 2 atom stereocenters. The molecule has 15 heteroatoms. The summed E-state index contributed by atoms with van der Waals surface area (Å²) in [7, 11) is 0. The molecule has 0 bridgehead atoms. The van der Waals surface area contributed by atoms with Crippen LogP contribution in [0.15, 0.2) is 29.4 Å². The molecule has 0 amide bonds. The summed E-state index contributed by atoms with van der Waals surface area (Å²) in [6, 6.07) is 6.43. The van der Waals surface area contributed by atoms with Gasteiger partial charge in [0.1, 0.15) is 11.9 Å². The van der Waals surface area contributed by atoms with Crippen LogP contribution in [0.3, 0.4) is 0 Å². The number of piperidine rings is 1. The Morgan fingerprint density at radius 1 is 1.30 bits per heavy atom. The molecular weight excluding hydrogens is 583 g/mol. The number of nitrogens with one attached hydrogen (secondary N) is 1. The van der Waals surface area contributed by atoms with Crippen LogP contribution in [0.5, 0.6) is 5.88 Å². The molecule has 0 saturated carbocycles. The third-order valence-electron chi connectivity index (χ3n) is 7.52. The molecule has 4 rings (SSSR count). The van der Waals surface area contributed by atoms with Gasteiger partial charge >= 0.3 is 18.1 Å². The summed E-state index contributed by atoms with van der Waals surface area (Å²) in [5, 5.41) is 17.5. The van der Waals surface area contributed by atoms with Gasteiger partial charge in [-0.15, -0.1) is 0 Å². The number of nitrogens with two attached hydrogens (primary N) is 1. The largest absolute Gasteiger partial charge is 0.480 e. The van der Waals surface area contributed by atoms with E-state index >= 15 is 0 Å². The molecule has 236 valence electrons. The number of benzene rings is 1. The number of terminal acetylenes is 1. The molecule has 0 radical (unpaired) electrons. The number of hydrogen-bond acceptors (Lipinski definition) is 11. The minimum absolute atomic E-state index is 0.0161. The molecule has 1 spiro atoms. The SMILES string of the molecule is C#CN(N=C(C)C)c1ccc(C(=O)OCC)cc1[C@@H](Oc1cc(N2CCC3(CC2)CN[C@H](C(=O)O)C3)nc(N)n1)C(F)(F)F. The number of hydrazone groups is 1. The Morgan fingerprint density at radius 2 is 2.00 bits per heavy atom. The van der Waals surface area contributed by atoms with Crippen molar-refractivity contribution in [3.63, 3.8) is 0 Å². The number of hydrogen-bond donors (Lipinski definition) is 3. The molecule has 2 aliphatic rings. The number of ether oxygens (including phenoxy) is 2. The number of carbonyl (C=O) groups is 2. The van der Waals surface area contributed by atoms with E-state index in [9.17, 15) is 27.9 Å². The van der Waals surface area contributed by atoms with Gasteiger partial charge in [-0.1, -0.05) is 6.42 Å². The zero-order valence-corrected chi connectivity index (χ0v) is 24.5. The zero-order valence-electron chi connectivity index (χ0n) is 24.5. The number of carboxylic acid groups (broad SMARTS) is 1. The molecule has 0 unspecified atom stereocenters. The van der Waals surface area contributed by atoms with Gasteiger partial charge in [0.05, 0.1) is 17.9 Å². The Labute approximate surface area is 252 Å². The zero-order chi connectivity index (χ0) is 32.2. The number of anilines is 3. The second-order valence-electron chi connectivity index (χ2n) is 10.9. The number of halogens is 3. The molecule has 44 heavy (non-hydrogen) atoms. The van der Waals surface area contributed by atoms with Crippen molar-refractivity contribution in [3.8, 4) is 18.3 Å². The molecule has 0 aliphatic carbocycles. The molecular formula is C29H34F3N7O5. The van der Waals surface area contributed by atoms with E-state index in [1.807, 2.05) is 4.90 Å². The second kappa shape index (κ2) is 13.0. The van der Waals surface area contributed by atoms with Gasteiger partial charge in [0.2, 0.25) is 17.9 Å². The highest BCUT2D eigenvalue weighted by Gasteiger charge is 2.46. The number of esters is 1. The van der Waals surface area contributed by atoms with Crippen molar-refractivity contribution in [3.05, 3.63) is 35.4 Å². The summed E-state index contributed by atoms with van der Waals surface area (Å²) in [5.41, 5.74) is 5.41. The van der Waals surface area contributed by atoms with E-state index in [2.05, 4.69) is 26.4 Å². The van der Waals surface area contributed by atoms with Crippen molar-refractivity contribution in [1.29, 1.82) is 0 Å². The monoisotopic (exact) mass is 617 g/mol. The van der Waals surface area contributed by atoms with Crippen LogP contribution in [0.4, 0.5) is 30.6 Å². The van der Waals surface area contributed by atoms with Crippen LogP contribution in [0.1, 0.15) is 62.1 Å². The average Bonchev–Trinajstić information content (AvgIpc) is 3.37. The molecule has 1 aromatic carbocycles. The summed E-state index contributed by atoms with van der Waals surface area (Å²) in [6.07, 6.45) is -0.247. The smallest absolute Gasteiger partial charge is 0.429 e. The van der Waals surface area contributed by atoms with Gasteiger partial charge in [-0.3, -0.25) is 4.79 Å². The van der Waals surface area contributed by atoms with Crippen molar-refractivity contribution in [2.75, 3.05) is 41.9 Å². The minimum Gasteiger partial charge on any atom is -0.480 e. The van der Waals surface area contributed by atoms with Gasteiger partial charge in [0.15, 0.2) is 0 Å². The number of alkyl halides is 3. The van der Waals surface area contributed by atoms with Gasteiger partial charge in [-0.05, 0) is 63.6 Å². The standard InChI is InChI=1S/C29H34F3N7O5/c1-5-39(37-17(3)4)21-8-7-18(26(42)43-6-2)13-19(21)24(29(30,31)32)44-23-14-22(35-27(33)36-23)38-11-9-28(10-12-38)15-20(25(40)41)34-16-28/h1,7-8,13-14,20,24,34H,6,9-12,15-16H2,2-4H3,(H,40,41)(H2,33,35,36)/t20-,24+/m0/s1. The van der Waals surface area contributed by atoms with Gasteiger partial charge in [-0.25, -0.2) is 4.79 Å². The molecule has 12 nitrogen and oxygen atoms in total. The number of nitrogen functional groups attached to an aromatic ring is 1. The van der Waals surface area contributed by atoms with Crippen LogP contribution in [-0.4, -0.2) is 71.2 Å². The van der Waals surface area contributed by atoms with Crippen LogP contribution in [0, 0.1) is 17.9 Å². The number of nitrogens with zero attached hydrogens (tertiary/aromatic N) is 5. The third kappa shape index (κ3) is 7.31. The van der Waals surface area contributed by atoms with Crippen LogP contribution in [0.25, 0.3) is 0 Å². The van der Waals surface area contributed by atoms with E-state index in [1.54, 1.807) is 20.8 Å². The van der Waals surface area contributed by atoms with Gasteiger partial charge < -0.3 is 30.5 Å². The van der Waals surface area contributed by atoms with Crippen LogP contribution < -0.4 is 25.7 Å². The number of carbonyl (C=O) groups excluding carboxylic acids is 1. The normalized spacial score (nSPS) is 18.3. The predicted molar refractivity (Wildman–Crippen MR) is 156 cm³/mol.